The quantitative estimate of drug-likeness (QED) is 0.798. The summed E-state index contributed by atoms with van der Waals surface area (Å²) in [5.41, 5.74) is 0.383. The lowest BCUT2D eigenvalue weighted by Crippen LogP contribution is -2.50. The van der Waals surface area contributed by atoms with E-state index in [-0.39, 0.29) is 11.8 Å². The summed E-state index contributed by atoms with van der Waals surface area (Å²) in [6.07, 6.45) is 9.31. The van der Waals surface area contributed by atoms with Crippen molar-refractivity contribution >= 4 is 11.8 Å². The average molecular weight is 326 g/mol. The van der Waals surface area contributed by atoms with Crippen LogP contribution >= 0.6 is 0 Å². The normalized spacial score (nSPS) is 24.0. The van der Waals surface area contributed by atoms with Gasteiger partial charge in [-0.1, -0.05) is 12.2 Å². The third kappa shape index (κ3) is 2.91. The number of nitriles is 1. The number of hydrogen-bond donors (Lipinski definition) is 0. The van der Waals surface area contributed by atoms with Crippen LogP contribution in [0.15, 0.2) is 16.6 Å². The van der Waals surface area contributed by atoms with Gasteiger partial charge in [-0.15, -0.1) is 0 Å². The summed E-state index contributed by atoms with van der Waals surface area (Å²) < 4.78 is 5.86. The molecule has 1 saturated carbocycles. The zero-order valence-corrected chi connectivity index (χ0v) is 13.8. The number of aromatic nitrogens is 1. The van der Waals surface area contributed by atoms with Crippen LogP contribution in [-0.2, 0) is 4.79 Å². The number of hydrogen-bond acceptors (Lipinski definition) is 5. The highest BCUT2D eigenvalue weighted by atomic mass is 16.4. The lowest BCUT2D eigenvalue weighted by Gasteiger charge is -2.36. The fourth-order valence-electron chi connectivity index (χ4n) is 3.53. The largest absolute Gasteiger partial charge is 0.423 e. The number of piperazine rings is 1. The Balaban J connectivity index is 1.40. The predicted molar refractivity (Wildman–Crippen MR) is 88.5 cm³/mol. The summed E-state index contributed by atoms with van der Waals surface area (Å²) in [6.45, 7) is 2.76. The third-order valence-electron chi connectivity index (χ3n) is 5.16. The molecule has 0 radical (unpaired) electrons. The van der Waals surface area contributed by atoms with E-state index in [1.807, 2.05) is 4.90 Å². The van der Waals surface area contributed by atoms with Crippen molar-refractivity contribution in [2.24, 2.45) is 5.92 Å². The van der Waals surface area contributed by atoms with Gasteiger partial charge in [0.05, 0.1) is 0 Å². The molecule has 2 fully saturated rings. The monoisotopic (exact) mass is 326 g/mol. The number of carbonyl (C=O) groups excluding carboxylic acids is 1. The van der Waals surface area contributed by atoms with Crippen LogP contribution in [0.1, 0.15) is 49.6 Å². The lowest BCUT2D eigenvalue weighted by atomic mass is 9.93. The molecule has 1 amide bonds. The summed E-state index contributed by atoms with van der Waals surface area (Å²) in [5, 5.41) is 9.30. The number of allylic oxidation sites excluding steroid dienone is 2. The molecule has 3 aliphatic rings. The molecule has 0 aromatic carbocycles. The fraction of sp³-hybridized carbons (Fsp3) is 0.611. The molecular formula is C18H22N4O2. The van der Waals surface area contributed by atoms with Crippen molar-refractivity contribution < 1.29 is 9.21 Å². The minimum Gasteiger partial charge on any atom is -0.423 e. The maximum atomic E-state index is 12.6. The molecule has 1 atom stereocenters. The fourth-order valence-corrected chi connectivity index (χ4v) is 3.53. The van der Waals surface area contributed by atoms with E-state index in [2.05, 4.69) is 28.1 Å². The number of nitrogens with zero attached hydrogens (tertiary/aromatic N) is 4. The number of oxazole rings is 1. The molecule has 0 spiro atoms. The maximum absolute atomic E-state index is 12.6. The summed E-state index contributed by atoms with van der Waals surface area (Å²) in [5.74, 6) is 2.10. The minimum absolute atomic E-state index is 0.142. The first-order chi connectivity index (χ1) is 11.8. The van der Waals surface area contributed by atoms with Crippen molar-refractivity contribution in [2.75, 3.05) is 31.1 Å². The van der Waals surface area contributed by atoms with Gasteiger partial charge in [0, 0.05) is 38.0 Å². The third-order valence-corrected chi connectivity index (χ3v) is 5.16. The molecule has 126 valence electrons. The highest BCUT2D eigenvalue weighted by Crippen LogP contribution is 2.41. The average Bonchev–Trinajstić information content (AvgIpc) is 3.41. The second-order valence-corrected chi connectivity index (χ2v) is 6.89. The SMILES string of the molecule is N#Cc1nc(C2CC2)oc1N1CCN(C(=O)C2CC=CCC2)CC1. The van der Waals surface area contributed by atoms with E-state index in [1.165, 1.54) is 0 Å². The van der Waals surface area contributed by atoms with Crippen LogP contribution in [0.4, 0.5) is 5.88 Å². The Kier molecular flexibility index (Phi) is 4.01. The Bertz CT molecular complexity index is 690. The summed E-state index contributed by atoms with van der Waals surface area (Å²) in [6, 6.07) is 2.15. The molecule has 0 N–H and O–H groups in total. The van der Waals surface area contributed by atoms with E-state index in [9.17, 15) is 10.1 Å². The minimum atomic E-state index is 0.142. The topological polar surface area (TPSA) is 73.4 Å². The molecule has 6 heteroatoms. The Morgan fingerprint density at radius 2 is 2.00 bits per heavy atom. The van der Waals surface area contributed by atoms with E-state index < -0.39 is 0 Å². The van der Waals surface area contributed by atoms with Crippen LogP contribution in [0.25, 0.3) is 0 Å². The number of carbonyl (C=O) groups is 1. The Morgan fingerprint density at radius 3 is 2.62 bits per heavy atom. The van der Waals surface area contributed by atoms with Crippen molar-refractivity contribution in [3.63, 3.8) is 0 Å². The summed E-state index contributed by atoms with van der Waals surface area (Å²) in [4.78, 5) is 21.0. The highest BCUT2D eigenvalue weighted by molar-refractivity contribution is 5.79. The molecule has 1 saturated heterocycles. The molecule has 1 aromatic heterocycles. The van der Waals surface area contributed by atoms with Gasteiger partial charge < -0.3 is 14.2 Å². The number of anilines is 1. The summed E-state index contributed by atoms with van der Waals surface area (Å²) >= 11 is 0. The molecule has 24 heavy (non-hydrogen) atoms. The van der Waals surface area contributed by atoms with Gasteiger partial charge in [-0.3, -0.25) is 4.79 Å². The maximum Gasteiger partial charge on any atom is 0.234 e. The van der Waals surface area contributed by atoms with Gasteiger partial charge in [0.1, 0.15) is 6.07 Å². The first-order valence-electron chi connectivity index (χ1n) is 8.86. The van der Waals surface area contributed by atoms with Gasteiger partial charge in [-0.25, -0.2) is 4.98 Å². The molecule has 6 nitrogen and oxygen atoms in total. The van der Waals surface area contributed by atoms with Crippen molar-refractivity contribution in [3.05, 3.63) is 23.7 Å². The van der Waals surface area contributed by atoms with Crippen molar-refractivity contribution in [2.45, 2.75) is 38.0 Å². The van der Waals surface area contributed by atoms with Gasteiger partial charge in [0.15, 0.2) is 0 Å². The lowest BCUT2D eigenvalue weighted by molar-refractivity contribution is -0.136. The van der Waals surface area contributed by atoms with Crippen LogP contribution in [-0.4, -0.2) is 42.0 Å². The zero-order chi connectivity index (χ0) is 16.5. The molecule has 2 aliphatic carbocycles. The second kappa shape index (κ2) is 6.31. The van der Waals surface area contributed by atoms with Crippen LogP contribution < -0.4 is 4.90 Å². The van der Waals surface area contributed by atoms with Crippen LogP contribution in [0.2, 0.25) is 0 Å². The summed E-state index contributed by atoms with van der Waals surface area (Å²) in [7, 11) is 0. The molecule has 4 rings (SSSR count). The molecule has 2 heterocycles. The standard InChI is InChI=1S/C18H22N4O2/c19-12-15-18(24-16(20-15)13-6-7-13)22-10-8-21(9-11-22)17(23)14-4-2-1-3-5-14/h1-2,13-14H,3-11H2. The van der Waals surface area contributed by atoms with Crippen molar-refractivity contribution in [1.29, 1.82) is 5.26 Å². The molecule has 0 bridgehead atoms. The zero-order valence-electron chi connectivity index (χ0n) is 13.8. The smallest absolute Gasteiger partial charge is 0.234 e. The van der Waals surface area contributed by atoms with Gasteiger partial charge in [-0.05, 0) is 32.1 Å². The Labute approximate surface area is 141 Å². The number of amides is 1. The van der Waals surface area contributed by atoms with E-state index in [0.29, 0.717) is 49.6 Å². The molecule has 1 aromatic rings. The van der Waals surface area contributed by atoms with Crippen molar-refractivity contribution in [3.8, 4) is 6.07 Å². The first kappa shape index (κ1) is 15.3. The Morgan fingerprint density at radius 1 is 1.21 bits per heavy atom. The molecular weight excluding hydrogens is 304 g/mol. The van der Waals surface area contributed by atoms with E-state index in [4.69, 9.17) is 4.42 Å². The van der Waals surface area contributed by atoms with Gasteiger partial charge in [0.2, 0.25) is 23.4 Å². The van der Waals surface area contributed by atoms with E-state index >= 15 is 0 Å². The van der Waals surface area contributed by atoms with Gasteiger partial charge >= 0.3 is 0 Å². The first-order valence-corrected chi connectivity index (χ1v) is 8.86. The van der Waals surface area contributed by atoms with Crippen LogP contribution in [0.5, 0.6) is 0 Å². The van der Waals surface area contributed by atoms with Crippen molar-refractivity contribution in [1.82, 2.24) is 9.88 Å². The van der Waals surface area contributed by atoms with Crippen LogP contribution in [0.3, 0.4) is 0 Å². The molecule has 1 aliphatic heterocycles. The van der Waals surface area contributed by atoms with Gasteiger partial charge in [0.25, 0.3) is 0 Å². The van der Waals surface area contributed by atoms with E-state index in [1.54, 1.807) is 0 Å². The predicted octanol–water partition coefficient (Wildman–Crippen LogP) is 2.43. The molecule has 1 unspecified atom stereocenters. The Hall–Kier alpha value is -2.29. The number of rotatable bonds is 3. The highest BCUT2D eigenvalue weighted by Gasteiger charge is 2.33. The van der Waals surface area contributed by atoms with Crippen LogP contribution in [0, 0.1) is 17.2 Å². The second-order valence-electron chi connectivity index (χ2n) is 6.89. The van der Waals surface area contributed by atoms with E-state index in [0.717, 1.165) is 32.1 Å². The van der Waals surface area contributed by atoms with Gasteiger partial charge in [-0.2, -0.15) is 5.26 Å².